The van der Waals surface area contributed by atoms with E-state index in [9.17, 15) is 9.18 Å². The number of hydrogen-bond donors (Lipinski definition) is 1. The number of benzene rings is 1. The van der Waals surface area contributed by atoms with Crippen LogP contribution < -0.4 is 10.6 Å². The standard InChI is InChI=1S/C19H18FN5O2/c20-14-4-1-3-13(11-14)17-23-19(27-24-17)15-5-2-8-22-18(15)25-9-6-12(7-10-25)16(21)26/h1-5,8,11-12H,6-7,9-10H2,(H2,21,26). The van der Waals surface area contributed by atoms with Crippen LogP contribution in [0.5, 0.6) is 0 Å². The molecule has 0 saturated carbocycles. The van der Waals surface area contributed by atoms with Crippen LogP contribution in [0.4, 0.5) is 10.2 Å². The summed E-state index contributed by atoms with van der Waals surface area (Å²) >= 11 is 0. The van der Waals surface area contributed by atoms with E-state index in [0.29, 0.717) is 48.8 Å². The Bertz CT molecular complexity index is 966. The second-order valence-corrected chi connectivity index (χ2v) is 6.47. The molecule has 1 saturated heterocycles. The Balaban J connectivity index is 1.62. The molecular formula is C19H18FN5O2. The van der Waals surface area contributed by atoms with Gasteiger partial charge in [-0.15, -0.1) is 0 Å². The second kappa shape index (κ2) is 7.14. The van der Waals surface area contributed by atoms with Gasteiger partial charge in [-0.3, -0.25) is 4.79 Å². The molecule has 1 aliphatic rings. The lowest BCUT2D eigenvalue weighted by molar-refractivity contribution is -0.122. The van der Waals surface area contributed by atoms with Gasteiger partial charge < -0.3 is 15.2 Å². The molecule has 2 N–H and O–H groups in total. The Morgan fingerprint density at radius 1 is 1.22 bits per heavy atom. The molecule has 0 bridgehead atoms. The fourth-order valence-corrected chi connectivity index (χ4v) is 3.27. The number of nitrogens with two attached hydrogens (primary N) is 1. The molecule has 0 spiro atoms. The quantitative estimate of drug-likeness (QED) is 0.761. The van der Waals surface area contributed by atoms with E-state index in [1.54, 1.807) is 24.4 Å². The molecule has 0 unspecified atom stereocenters. The summed E-state index contributed by atoms with van der Waals surface area (Å²) in [5, 5.41) is 3.97. The smallest absolute Gasteiger partial charge is 0.261 e. The first-order chi connectivity index (χ1) is 13.1. The number of primary amides is 1. The lowest BCUT2D eigenvalue weighted by Crippen LogP contribution is -2.39. The normalized spacial score (nSPS) is 15.1. The van der Waals surface area contributed by atoms with E-state index in [2.05, 4.69) is 20.0 Å². The van der Waals surface area contributed by atoms with Crippen molar-refractivity contribution in [1.82, 2.24) is 15.1 Å². The molecule has 7 nitrogen and oxygen atoms in total. The predicted molar refractivity (Wildman–Crippen MR) is 97.1 cm³/mol. The molecule has 2 aromatic heterocycles. The molecule has 0 atom stereocenters. The highest BCUT2D eigenvalue weighted by atomic mass is 19.1. The van der Waals surface area contributed by atoms with Gasteiger partial charge in [0, 0.05) is 30.8 Å². The number of nitrogens with zero attached hydrogens (tertiary/aromatic N) is 4. The monoisotopic (exact) mass is 367 g/mol. The molecule has 3 heterocycles. The fourth-order valence-electron chi connectivity index (χ4n) is 3.27. The van der Waals surface area contributed by atoms with Gasteiger partial charge in [0.15, 0.2) is 0 Å². The van der Waals surface area contributed by atoms with E-state index >= 15 is 0 Å². The Morgan fingerprint density at radius 2 is 2.04 bits per heavy atom. The summed E-state index contributed by atoms with van der Waals surface area (Å²) in [5.41, 5.74) is 6.65. The zero-order valence-electron chi connectivity index (χ0n) is 14.5. The van der Waals surface area contributed by atoms with Crippen LogP contribution in [0, 0.1) is 11.7 Å². The van der Waals surface area contributed by atoms with Gasteiger partial charge in [0.1, 0.15) is 11.6 Å². The molecular weight excluding hydrogens is 349 g/mol. The summed E-state index contributed by atoms with van der Waals surface area (Å²) in [5.74, 6) is 0.623. The molecule has 3 aromatic rings. The van der Waals surface area contributed by atoms with Crippen LogP contribution in [0.15, 0.2) is 47.1 Å². The largest absolute Gasteiger partial charge is 0.369 e. The van der Waals surface area contributed by atoms with Gasteiger partial charge in [-0.2, -0.15) is 4.98 Å². The summed E-state index contributed by atoms with van der Waals surface area (Å²) in [6, 6.07) is 9.68. The molecule has 4 rings (SSSR count). The van der Waals surface area contributed by atoms with E-state index in [1.807, 2.05) is 6.07 Å². The van der Waals surface area contributed by atoms with Crippen molar-refractivity contribution in [1.29, 1.82) is 0 Å². The molecule has 8 heteroatoms. The topological polar surface area (TPSA) is 98.1 Å². The lowest BCUT2D eigenvalue weighted by atomic mass is 9.96. The molecule has 1 aromatic carbocycles. The Hall–Kier alpha value is -3.29. The first kappa shape index (κ1) is 17.1. The molecule has 0 radical (unpaired) electrons. The number of anilines is 1. The predicted octanol–water partition coefficient (Wildman–Crippen LogP) is 2.64. The third-order valence-corrected chi connectivity index (χ3v) is 4.72. The summed E-state index contributed by atoms with van der Waals surface area (Å²) in [6.07, 6.45) is 3.07. The SMILES string of the molecule is NC(=O)C1CCN(c2ncccc2-c2nc(-c3cccc(F)c3)no2)CC1. The van der Waals surface area contributed by atoms with Gasteiger partial charge >= 0.3 is 0 Å². The van der Waals surface area contributed by atoms with Gasteiger partial charge in [0.25, 0.3) is 5.89 Å². The zero-order valence-corrected chi connectivity index (χ0v) is 14.5. The van der Waals surface area contributed by atoms with E-state index in [4.69, 9.17) is 10.3 Å². The number of hydrogen-bond acceptors (Lipinski definition) is 6. The minimum atomic E-state index is -0.363. The minimum Gasteiger partial charge on any atom is -0.369 e. The molecule has 1 amide bonds. The number of carbonyl (C=O) groups excluding carboxylic acids is 1. The Labute approximate surface area is 155 Å². The van der Waals surface area contributed by atoms with Gasteiger partial charge in [0.2, 0.25) is 11.7 Å². The van der Waals surface area contributed by atoms with Crippen molar-refractivity contribution < 1.29 is 13.7 Å². The van der Waals surface area contributed by atoms with E-state index in [1.165, 1.54) is 12.1 Å². The molecule has 138 valence electrons. The third-order valence-electron chi connectivity index (χ3n) is 4.72. The van der Waals surface area contributed by atoms with E-state index in [-0.39, 0.29) is 17.6 Å². The number of pyridine rings is 1. The van der Waals surface area contributed by atoms with Crippen molar-refractivity contribution in [2.45, 2.75) is 12.8 Å². The molecule has 1 aliphatic heterocycles. The van der Waals surface area contributed by atoms with Crippen molar-refractivity contribution in [3.05, 3.63) is 48.4 Å². The maximum atomic E-state index is 13.4. The first-order valence-electron chi connectivity index (χ1n) is 8.71. The van der Waals surface area contributed by atoms with Crippen LogP contribution in [0.25, 0.3) is 22.8 Å². The lowest BCUT2D eigenvalue weighted by Gasteiger charge is -2.32. The first-order valence-corrected chi connectivity index (χ1v) is 8.71. The Morgan fingerprint density at radius 3 is 2.78 bits per heavy atom. The molecule has 27 heavy (non-hydrogen) atoms. The van der Waals surface area contributed by atoms with Crippen LogP contribution in [0.2, 0.25) is 0 Å². The number of aromatic nitrogens is 3. The van der Waals surface area contributed by atoms with Crippen molar-refractivity contribution in [3.8, 4) is 22.8 Å². The molecule has 1 fully saturated rings. The zero-order chi connectivity index (χ0) is 18.8. The van der Waals surface area contributed by atoms with Crippen molar-refractivity contribution in [2.75, 3.05) is 18.0 Å². The summed E-state index contributed by atoms with van der Waals surface area (Å²) in [7, 11) is 0. The average molecular weight is 367 g/mol. The highest BCUT2D eigenvalue weighted by Gasteiger charge is 2.26. The summed E-state index contributed by atoms with van der Waals surface area (Å²) < 4.78 is 18.9. The number of carbonyl (C=O) groups is 1. The summed E-state index contributed by atoms with van der Waals surface area (Å²) in [4.78, 5) is 22.3. The number of halogens is 1. The number of rotatable bonds is 4. The molecule has 0 aliphatic carbocycles. The Kier molecular flexibility index (Phi) is 4.53. The van der Waals surface area contributed by atoms with Crippen LogP contribution in [0.1, 0.15) is 12.8 Å². The second-order valence-electron chi connectivity index (χ2n) is 6.47. The maximum absolute atomic E-state index is 13.4. The van der Waals surface area contributed by atoms with Gasteiger partial charge in [0.05, 0.1) is 5.56 Å². The van der Waals surface area contributed by atoms with E-state index in [0.717, 1.165) is 5.82 Å². The number of amides is 1. The van der Waals surface area contributed by atoms with Crippen molar-refractivity contribution >= 4 is 11.7 Å². The van der Waals surface area contributed by atoms with Gasteiger partial charge in [-0.25, -0.2) is 9.37 Å². The van der Waals surface area contributed by atoms with E-state index < -0.39 is 0 Å². The third kappa shape index (κ3) is 3.51. The van der Waals surface area contributed by atoms with Crippen LogP contribution in [0.3, 0.4) is 0 Å². The summed E-state index contributed by atoms with van der Waals surface area (Å²) in [6.45, 7) is 1.34. The van der Waals surface area contributed by atoms with Crippen LogP contribution >= 0.6 is 0 Å². The average Bonchev–Trinajstić information content (AvgIpc) is 3.18. The highest BCUT2D eigenvalue weighted by molar-refractivity contribution is 5.77. The van der Waals surface area contributed by atoms with Crippen LogP contribution in [-0.2, 0) is 4.79 Å². The van der Waals surface area contributed by atoms with Crippen LogP contribution in [-0.4, -0.2) is 34.1 Å². The fraction of sp³-hybridized carbons (Fsp3) is 0.263. The van der Waals surface area contributed by atoms with Gasteiger partial charge in [-0.05, 0) is 37.1 Å². The van der Waals surface area contributed by atoms with Crippen molar-refractivity contribution in [3.63, 3.8) is 0 Å². The minimum absolute atomic E-state index is 0.101. The number of piperidine rings is 1. The van der Waals surface area contributed by atoms with Crippen molar-refractivity contribution in [2.24, 2.45) is 11.7 Å². The van der Waals surface area contributed by atoms with Gasteiger partial charge in [-0.1, -0.05) is 17.3 Å². The highest BCUT2D eigenvalue weighted by Crippen LogP contribution is 2.31. The maximum Gasteiger partial charge on any atom is 0.261 e.